The van der Waals surface area contributed by atoms with Crippen molar-refractivity contribution >= 4 is 11.7 Å². The van der Waals surface area contributed by atoms with E-state index in [0.717, 1.165) is 11.3 Å². The molecule has 5 nitrogen and oxygen atoms in total. The van der Waals surface area contributed by atoms with Crippen LogP contribution in [0.5, 0.6) is 11.5 Å². The number of hydrogen-bond acceptors (Lipinski definition) is 4. The summed E-state index contributed by atoms with van der Waals surface area (Å²) in [5, 5.41) is 0. The number of anilines is 1. The molecule has 2 aromatic carbocycles. The summed E-state index contributed by atoms with van der Waals surface area (Å²) in [6.07, 6.45) is 1.68. The number of nitrogens with zero attached hydrogens (tertiary/aromatic N) is 2. The molecule has 0 saturated heterocycles. The van der Waals surface area contributed by atoms with E-state index in [-0.39, 0.29) is 5.91 Å². The summed E-state index contributed by atoms with van der Waals surface area (Å²) >= 11 is 0. The molecule has 132 valence electrons. The lowest BCUT2D eigenvalue weighted by Crippen LogP contribution is -2.31. The van der Waals surface area contributed by atoms with Gasteiger partial charge in [-0.3, -0.25) is 9.69 Å². The Labute approximate surface area is 152 Å². The van der Waals surface area contributed by atoms with Crippen LogP contribution in [0.4, 0.5) is 5.82 Å². The molecule has 0 unspecified atom stereocenters. The normalized spacial score (nSPS) is 10.2. The Morgan fingerprint density at radius 1 is 0.885 bits per heavy atom. The molecule has 1 amide bonds. The average molecular weight is 348 g/mol. The maximum absolute atomic E-state index is 13.1. The largest absolute Gasteiger partial charge is 0.497 e. The second-order valence-corrected chi connectivity index (χ2v) is 5.66. The molecule has 0 aliphatic rings. The molecule has 3 rings (SSSR count). The second-order valence-electron chi connectivity index (χ2n) is 5.66. The number of pyridine rings is 1. The fraction of sp³-hybridized carbons (Fsp3) is 0.143. The van der Waals surface area contributed by atoms with E-state index in [2.05, 4.69) is 4.98 Å². The van der Waals surface area contributed by atoms with Crippen molar-refractivity contribution in [2.24, 2.45) is 0 Å². The zero-order chi connectivity index (χ0) is 18.4. The van der Waals surface area contributed by atoms with Crippen molar-refractivity contribution < 1.29 is 14.3 Å². The van der Waals surface area contributed by atoms with Gasteiger partial charge in [-0.15, -0.1) is 0 Å². The van der Waals surface area contributed by atoms with E-state index in [1.807, 2.05) is 42.5 Å². The Hall–Kier alpha value is -3.34. The molecule has 0 aliphatic carbocycles. The number of carbonyl (C=O) groups excluding carboxylic acids is 1. The van der Waals surface area contributed by atoms with Crippen molar-refractivity contribution in [2.75, 3.05) is 19.1 Å². The lowest BCUT2D eigenvalue weighted by Gasteiger charge is -2.22. The van der Waals surface area contributed by atoms with Gasteiger partial charge in [0.2, 0.25) is 0 Å². The molecule has 0 radical (unpaired) electrons. The highest BCUT2D eigenvalue weighted by molar-refractivity contribution is 6.05. The predicted molar refractivity (Wildman–Crippen MR) is 101 cm³/mol. The van der Waals surface area contributed by atoms with Gasteiger partial charge >= 0.3 is 0 Å². The molecule has 3 aromatic rings. The Bertz CT molecular complexity index is 847. The number of benzene rings is 2. The summed E-state index contributed by atoms with van der Waals surface area (Å²) in [5.41, 5.74) is 1.56. The summed E-state index contributed by atoms with van der Waals surface area (Å²) < 4.78 is 10.4. The molecule has 0 fully saturated rings. The quantitative estimate of drug-likeness (QED) is 0.677. The molecule has 1 heterocycles. The lowest BCUT2D eigenvalue weighted by atomic mass is 10.1. The van der Waals surface area contributed by atoms with E-state index in [1.54, 1.807) is 49.6 Å². The molecule has 1 aromatic heterocycles. The maximum atomic E-state index is 13.1. The minimum Gasteiger partial charge on any atom is -0.497 e. The number of ether oxygens (including phenoxy) is 2. The minimum atomic E-state index is -0.123. The van der Waals surface area contributed by atoms with Gasteiger partial charge in [0.15, 0.2) is 0 Å². The number of methoxy groups -OCH3 is 2. The maximum Gasteiger partial charge on any atom is 0.259 e. The molecule has 0 atom stereocenters. The van der Waals surface area contributed by atoms with Crippen LogP contribution in [-0.4, -0.2) is 25.1 Å². The summed E-state index contributed by atoms with van der Waals surface area (Å²) in [7, 11) is 3.23. The van der Waals surface area contributed by atoms with Crippen LogP contribution in [0.15, 0.2) is 72.9 Å². The van der Waals surface area contributed by atoms with Crippen molar-refractivity contribution in [2.45, 2.75) is 6.54 Å². The van der Waals surface area contributed by atoms with Crippen LogP contribution in [0.1, 0.15) is 15.9 Å². The Morgan fingerprint density at radius 3 is 2.04 bits per heavy atom. The van der Waals surface area contributed by atoms with Gasteiger partial charge in [-0.1, -0.05) is 18.2 Å². The third kappa shape index (κ3) is 4.00. The summed E-state index contributed by atoms with van der Waals surface area (Å²) in [6, 6.07) is 20.2. The third-order valence-electron chi connectivity index (χ3n) is 4.01. The Balaban J connectivity index is 1.90. The van der Waals surface area contributed by atoms with Crippen molar-refractivity contribution in [1.29, 1.82) is 0 Å². The molecule has 26 heavy (non-hydrogen) atoms. The summed E-state index contributed by atoms with van der Waals surface area (Å²) in [4.78, 5) is 19.1. The average Bonchev–Trinajstić information content (AvgIpc) is 2.72. The molecular weight excluding hydrogens is 328 g/mol. The predicted octanol–water partition coefficient (Wildman–Crippen LogP) is 3.95. The zero-order valence-electron chi connectivity index (χ0n) is 14.8. The highest BCUT2D eigenvalue weighted by Gasteiger charge is 2.19. The van der Waals surface area contributed by atoms with Gasteiger partial charge in [0.05, 0.1) is 20.8 Å². The van der Waals surface area contributed by atoms with E-state index >= 15 is 0 Å². The highest BCUT2D eigenvalue weighted by atomic mass is 16.5. The number of rotatable bonds is 6. The summed E-state index contributed by atoms with van der Waals surface area (Å²) in [6.45, 7) is 0.409. The number of aromatic nitrogens is 1. The van der Waals surface area contributed by atoms with Crippen LogP contribution in [0, 0.1) is 0 Å². The van der Waals surface area contributed by atoms with Crippen molar-refractivity contribution in [3.63, 3.8) is 0 Å². The molecule has 0 aliphatic heterocycles. The summed E-state index contributed by atoms with van der Waals surface area (Å²) in [5.74, 6) is 1.96. The first kappa shape index (κ1) is 17.5. The van der Waals surface area contributed by atoms with Crippen molar-refractivity contribution in [1.82, 2.24) is 4.98 Å². The van der Waals surface area contributed by atoms with Gasteiger partial charge in [-0.05, 0) is 54.1 Å². The number of hydrogen-bond donors (Lipinski definition) is 0. The van der Waals surface area contributed by atoms with Gasteiger partial charge in [0, 0.05) is 11.8 Å². The number of amides is 1. The topological polar surface area (TPSA) is 51.7 Å². The third-order valence-corrected chi connectivity index (χ3v) is 4.01. The Morgan fingerprint density at radius 2 is 1.50 bits per heavy atom. The van der Waals surface area contributed by atoms with Crippen LogP contribution < -0.4 is 14.4 Å². The van der Waals surface area contributed by atoms with E-state index < -0.39 is 0 Å². The molecular formula is C21H20N2O3. The molecule has 0 bridgehead atoms. The molecule has 0 saturated carbocycles. The van der Waals surface area contributed by atoms with E-state index in [4.69, 9.17) is 9.47 Å². The van der Waals surface area contributed by atoms with Gasteiger partial charge in [0.1, 0.15) is 17.3 Å². The van der Waals surface area contributed by atoms with Crippen LogP contribution >= 0.6 is 0 Å². The monoisotopic (exact) mass is 348 g/mol. The van der Waals surface area contributed by atoms with Crippen LogP contribution in [-0.2, 0) is 6.54 Å². The first-order chi connectivity index (χ1) is 12.7. The second kappa shape index (κ2) is 8.16. The standard InChI is InChI=1S/C21H20N2O3/c1-25-18-10-6-16(7-11-18)15-23(20-5-3-4-14-22-20)21(24)17-8-12-19(26-2)13-9-17/h3-14H,15H2,1-2H3. The van der Waals surface area contributed by atoms with Crippen molar-refractivity contribution in [3.05, 3.63) is 84.1 Å². The van der Waals surface area contributed by atoms with E-state index in [1.165, 1.54) is 0 Å². The van der Waals surface area contributed by atoms with Crippen LogP contribution in [0.2, 0.25) is 0 Å². The molecule has 0 N–H and O–H groups in total. The lowest BCUT2D eigenvalue weighted by molar-refractivity contribution is 0.0984. The molecule has 5 heteroatoms. The van der Waals surface area contributed by atoms with E-state index in [0.29, 0.717) is 23.7 Å². The number of carbonyl (C=O) groups is 1. The smallest absolute Gasteiger partial charge is 0.259 e. The first-order valence-corrected chi connectivity index (χ1v) is 8.21. The van der Waals surface area contributed by atoms with Crippen LogP contribution in [0.25, 0.3) is 0 Å². The molecule has 0 spiro atoms. The first-order valence-electron chi connectivity index (χ1n) is 8.21. The van der Waals surface area contributed by atoms with Gasteiger partial charge in [-0.2, -0.15) is 0 Å². The van der Waals surface area contributed by atoms with Gasteiger partial charge in [0.25, 0.3) is 5.91 Å². The van der Waals surface area contributed by atoms with Crippen LogP contribution in [0.3, 0.4) is 0 Å². The van der Waals surface area contributed by atoms with E-state index in [9.17, 15) is 4.79 Å². The highest BCUT2D eigenvalue weighted by Crippen LogP contribution is 2.21. The SMILES string of the molecule is COc1ccc(CN(C(=O)c2ccc(OC)cc2)c2ccccn2)cc1. The fourth-order valence-corrected chi connectivity index (χ4v) is 2.57. The Kier molecular flexibility index (Phi) is 5.49. The van der Waals surface area contributed by atoms with Crippen molar-refractivity contribution in [3.8, 4) is 11.5 Å². The minimum absolute atomic E-state index is 0.123. The van der Waals surface area contributed by atoms with Gasteiger partial charge < -0.3 is 9.47 Å². The fourth-order valence-electron chi connectivity index (χ4n) is 2.57. The van der Waals surface area contributed by atoms with Gasteiger partial charge in [-0.25, -0.2) is 4.98 Å². The zero-order valence-corrected chi connectivity index (χ0v) is 14.8.